The summed E-state index contributed by atoms with van der Waals surface area (Å²) >= 11 is 0. The summed E-state index contributed by atoms with van der Waals surface area (Å²) in [5.74, 6) is -0.303. The first-order chi connectivity index (χ1) is 6.27. The van der Waals surface area contributed by atoms with Crippen molar-refractivity contribution in [2.45, 2.75) is 25.9 Å². The monoisotopic (exact) mass is 187 g/mol. The third kappa shape index (κ3) is 2.97. The normalized spacial score (nSPS) is 19.2. The number of hydrogen-bond donors (Lipinski definition) is 1. The standard InChI is InChI=1S/C9H17NO3/c1-2-3-7(4-10)9(11)13-8-5-12-6-8/h7-8H,2-6,10H2,1H3. The van der Waals surface area contributed by atoms with Crippen LogP contribution in [0.3, 0.4) is 0 Å². The molecule has 76 valence electrons. The second kappa shape index (κ2) is 5.19. The van der Waals surface area contributed by atoms with Gasteiger partial charge in [0, 0.05) is 6.54 Å². The third-order valence-corrected chi connectivity index (χ3v) is 2.15. The van der Waals surface area contributed by atoms with Gasteiger partial charge in [0.25, 0.3) is 0 Å². The van der Waals surface area contributed by atoms with Crippen LogP contribution >= 0.6 is 0 Å². The zero-order valence-electron chi connectivity index (χ0n) is 7.99. The number of carbonyl (C=O) groups excluding carboxylic acids is 1. The Morgan fingerprint density at radius 2 is 2.38 bits per heavy atom. The number of ether oxygens (including phenoxy) is 2. The second-order valence-corrected chi connectivity index (χ2v) is 3.32. The molecule has 1 rings (SSSR count). The molecule has 1 atom stereocenters. The maximum atomic E-state index is 11.4. The highest BCUT2D eigenvalue weighted by atomic mass is 16.6. The van der Waals surface area contributed by atoms with Gasteiger partial charge in [-0.25, -0.2) is 0 Å². The van der Waals surface area contributed by atoms with Crippen molar-refractivity contribution in [2.75, 3.05) is 19.8 Å². The fourth-order valence-electron chi connectivity index (χ4n) is 1.22. The highest BCUT2D eigenvalue weighted by Crippen LogP contribution is 2.12. The average molecular weight is 187 g/mol. The van der Waals surface area contributed by atoms with E-state index in [1.54, 1.807) is 0 Å². The van der Waals surface area contributed by atoms with Gasteiger partial charge in [-0.3, -0.25) is 4.79 Å². The van der Waals surface area contributed by atoms with Crippen LogP contribution in [0.25, 0.3) is 0 Å². The van der Waals surface area contributed by atoms with E-state index >= 15 is 0 Å². The van der Waals surface area contributed by atoms with Gasteiger partial charge in [-0.2, -0.15) is 0 Å². The first kappa shape index (κ1) is 10.5. The molecule has 13 heavy (non-hydrogen) atoms. The average Bonchev–Trinajstić information content (AvgIpc) is 2.07. The van der Waals surface area contributed by atoms with E-state index < -0.39 is 0 Å². The summed E-state index contributed by atoms with van der Waals surface area (Å²) in [6.45, 7) is 3.48. The van der Waals surface area contributed by atoms with E-state index in [2.05, 4.69) is 0 Å². The maximum Gasteiger partial charge on any atom is 0.310 e. The van der Waals surface area contributed by atoms with Crippen LogP contribution in [-0.4, -0.2) is 31.8 Å². The summed E-state index contributed by atoms with van der Waals surface area (Å²) in [4.78, 5) is 11.4. The van der Waals surface area contributed by atoms with Gasteiger partial charge < -0.3 is 15.2 Å². The minimum Gasteiger partial charge on any atom is -0.457 e. The Kier molecular flexibility index (Phi) is 4.18. The number of hydrogen-bond acceptors (Lipinski definition) is 4. The minimum atomic E-state index is -0.169. The lowest BCUT2D eigenvalue weighted by Crippen LogP contribution is -2.40. The molecular weight excluding hydrogens is 170 g/mol. The molecule has 1 heterocycles. The lowest BCUT2D eigenvalue weighted by molar-refractivity contribution is -0.176. The van der Waals surface area contributed by atoms with Gasteiger partial charge in [-0.1, -0.05) is 13.3 Å². The van der Waals surface area contributed by atoms with Gasteiger partial charge in [0.15, 0.2) is 0 Å². The molecule has 0 radical (unpaired) electrons. The molecule has 1 unspecified atom stereocenters. The Morgan fingerprint density at radius 1 is 1.69 bits per heavy atom. The van der Waals surface area contributed by atoms with Crippen LogP contribution in [0.5, 0.6) is 0 Å². The highest BCUT2D eigenvalue weighted by Gasteiger charge is 2.26. The van der Waals surface area contributed by atoms with Crippen molar-refractivity contribution in [2.24, 2.45) is 11.7 Å². The van der Waals surface area contributed by atoms with E-state index in [9.17, 15) is 4.79 Å². The molecule has 4 heteroatoms. The molecule has 0 spiro atoms. The van der Waals surface area contributed by atoms with Crippen LogP contribution in [0, 0.1) is 5.92 Å². The van der Waals surface area contributed by atoms with Gasteiger partial charge in [0.1, 0.15) is 6.10 Å². The molecule has 1 aliphatic rings. The molecule has 1 saturated heterocycles. The molecule has 0 aromatic rings. The van der Waals surface area contributed by atoms with Gasteiger partial charge in [-0.15, -0.1) is 0 Å². The van der Waals surface area contributed by atoms with Crippen LogP contribution in [0.2, 0.25) is 0 Å². The van der Waals surface area contributed by atoms with E-state index in [0.717, 1.165) is 12.8 Å². The summed E-state index contributed by atoms with van der Waals surface area (Å²) in [6, 6.07) is 0. The van der Waals surface area contributed by atoms with Gasteiger partial charge in [0.2, 0.25) is 0 Å². The molecule has 0 bridgehead atoms. The predicted molar refractivity (Wildman–Crippen MR) is 48.2 cm³/mol. The largest absolute Gasteiger partial charge is 0.457 e. The molecule has 4 nitrogen and oxygen atoms in total. The molecular formula is C9H17NO3. The molecule has 1 fully saturated rings. The van der Waals surface area contributed by atoms with Crippen molar-refractivity contribution in [3.8, 4) is 0 Å². The summed E-state index contributed by atoms with van der Waals surface area (Å²) in [5.41, 5.74) is 5.46. The highest BCUT2D eigenvalue weighted by molar-refractivity contribution is 5.72. The van der Waals surface area contributed by atoms with E-state index in [1.165, 1.54) is 0 Å². The van der Waals surface area contributed by atoms with Crippen molar-refractivity contribution >= 4 is 5.97 Å². The second-order valence-electron chi connectivity index (χ2n) is 3.32. The molecule has 1 aliphatic heterocycles. The molecule has 0 amide bonds. The van der Waals surface area contributed by atoms with Crippen LogP contribution in [0.1, 0.15) is 19.8 Å². The fraction of sp³-hybridized carbons (Fsp3) is 0.889. The van der Waals surface area contributed by atoms with Crippen molar-refractivity contribution in [1.82, 2.24) is 0 Å². The molecule has 2 N–H and O–H groups in total. The Morgan fingerprint density at radius 3 is 2.77 bits per heavy atom. The Balaban J connectivity index is 2.25. The number of esters is 1. The Hall–Kier alpha value is -0.610. The first-order valence-electron chi connectivity index (χ1n) is 4.76. The topological polar surface area (TPSA) is 61.6 Å². The minimum absolute atomic E-state index is 0.0293. The van der Waals surface area contributed by atoms with Crippen molar-refractivity contribution < 1.29 is 14.3 Å². The van der Waals surface area contributed by atoms with Crippen molar-refractivity contribution in [3.63, 3.8) is 0 Å². The Bertz CT molecular complexity index is 168. The van der Waals surface area contributed by atoms with Crippen LogP contribution < -0.4 is 5.73 Å². The SMILES string of the molecule is CCCC(CN)C(=O)OC1COC1. The number of rotatable bonds is 5. The smallest absolute Gasteiger partial charge is 0.310 e. The molecule has 0 aromatic carbocycles. The molecule has 0 aromatic heterocycles. The van der Waals surface area contributed by atoms with E-state index in [-0.39, 0.29) is 18.0 Å². The van der Waals surface area contributed by atoms with Gasteiger partial charge in [0.05, 0.1) is 19.1 Å². The summed E-state index contributed by atoms with van der Waals surface area (Å²) in [5, 5.41) is 0. The number of carbonyl (C=O) groups is 1. The lowest BCUT2D eigenvalue weighted by atomic mass is 10.0. The zero-order chi connectivity index (χ0) is 9.68. The van der Waals surface area contributed by atoms with Crippen LogP contribution in [0.15, 0.2) is 0 Å². The van der Waals surface area contributed by atoms with E-state index in [1.807, 2.05) is 6.92 Å². The molecule has 0 saturated carbocycles. The van der Waals surface area contributed by atoms with Crippen LogP contribution in [-0.2, 0) is 14.3 Å². The first-order valence-corrected chi connectivity index (χ1v) is 4.76. The van der Waals surface area contributed by atoms with E-state index in [4.69, 9.17) is 15.2 Å². The van der Waals surface area contributed by atoms with E-state index in [0.29, 0.717) is 19.8 Å². The van der Waals surface area contributed by atoms with Gasteiger partial charge >= 0.3 is 5.97 Å². The summed E-state index contributed by atoms with van der Waals surface area (Å²) in [6.07, 6.45) is 1.74. The fourth-order valence-corrected chi connectivity index (χ4v) is 1.22. The van der Waals surface area contributed by atoms with Crippen molar-refractivity contribution in [1.29, 1.82) is 0 Å². The summed E-state index contributed by atoms with van der Waals surface area (Å²) < 4.78 is 10.0. The quantitative estimate of drug-likeness (QED) is 0.629. The maximum absolute atomic E-state index is 11.4. The molecule has 0 aliphatic carbocycles. The van der Waals surface area contributed by atoms with Crippen molar-refractivity contribution in [3.05, 3.63) is 0 Å². The van der Waals surface area contributed by atoms with Crippen LogP contribution in [0.4, 0.5) is 0 Å². The zero-order valence-corrected chi connectivity index (χ0v) is 7.99. The predicted octanol–water partition coefficient (Wildman–Crippen LogP) is 0.303. The third-order valence-electron chi connectivity index (χ3n) is 2.15. The number of nitrogens with two attached hydrogens (primary N) is 1. The summed E-state index contributed by atoms with van der Waals surface area (Å²) in [7, 11) is 0. The lowest BCUT2D eigenvalue weighted by Gasteiger charge is -2.27. The van der Waals surface area contributed by atoms with Gasteiger partial charge in [-0.05, 0) is 6.42 Å². The Labute approximate surface area is 78.4 Å².